The van der Waals surface area contributed by atoms with Crippen molar-refractivity contribution in [3.63, 3.8) is 0 Å². The van der Waals surface area contributed by atoms with Crippen molar-refractivity contribution >= 4 is 11.9 Å². The van der Waals surface area contributed by atoms with Gasteiger partial charge in [-0.15, -0.1) is 0 Å². The van der Waals surface area contributed by atoms with E-state index < -0.39 is 12.0 Å². The highest BCUT2D eigenvalue weighted by atomic mass is 16.4. The maximum absolute atomic E-state index is 11.9. The van der Waals surface area contributed by atoms with Gasteiger partial charge in [-0.2, -0.15) is 0 Å². The van der Waals surface area contributed by atoms with E-state index in [0.717, 1.165) is 0 Å². The molecule has 0 aromatic heterocycles. The number of nitrogens with zero attached hydrogens (tertiary/aromatic N) is 2. The number of hydrogen-bond acceptors (Lipinski definition) is 4. The maximum atomic E-state index is 11.9. The zero-order valence-electron chi connectivity index (χ0n) is 10.6. The molecule has 1 heterocycles. The SMILES string of the molecule is CC1CN(C(=O)C(N)CC(=O)O)CC1N(C)C. The van der Waals surface area contributed by atoms with Gasteiger partial charge in [0, 0.05) is 19.1 Å². The number of carbonyl (C=O) groups excluding carboxylic acids is 1. The summed E-state index contributed by atoms with van der Waals surface area (Å²) in [5.41, 5.74) is 5.58. The minimum absolute atomic E-state index is 0.261. The second kappa shape index (κ2) is 5.46. The molecule has 3 N–H and O–H groups in total. The fourth-order valence-corrected chi connectivity index (χ4v) is 2.31. The van der Waals surface area contributed by atoms with Crippen molar-refractivity contribution in [2.45, 2.75) is 25.4 Å². The molecule has 0 aromatic rings. The Morgan fingerprint density at radius 3 is 2.47 bits per heavy atom. The van der Waals surface area contributed by atoms with Gasteiger partial charge in [-0.1, -0.05) is 6.92 Å². The number of carboxylic acid groups (broad SMARTS) is 1. The Balaban J connectivity index is 2.58. The fourth-order valence-electron chi connectivity index (χ4n) is 2.31. The molecule has 6 nitrogen and oxygen atoms in total. The lowest BCUT2D eigenvalue weighted by Gasteiger charge is -2.23. The summed E-state index contributed by atoms with van der Waals surface area (Å²) in [6.45, 7) is 3.36. The van der Waals surface area contributed by atoms with Crippen molar-refractivity contribution < 1.29 is 14.7 Å². The first-order valence-corrected chi connectivity index (χ1v) is 5.75. The van der Waals surface area contributed by atoms with Crippen LogP contribution in [0.1, 0.15) is 13.3 Å². The van der Waals surface area contributed by atoms with E-state index in [0.29, 0.717) is 25.0 Å². The minimum Gasteiger partial charge on any atom is -0.481 e. The summed E-state index contributed by atoms with van der Waals surface area (Å²) in [4.78, 5) is 26.2. The van der Waals surface area contributed by atoms with E-state index in [1.54, 1.807) is 4.90 Å². The molecule has 6 heteroatoms. The number of likely N-dealkylation sites (tertiary alicyclic amines) is 1. The number of carbonyl (C=O) groups is 2. The standard InChI is InChI=1S/C11H21N3O3/c1-7-5-14(6-9(7)13(2)3)11(17)8(12)4-10(15)16/h7-9H,4-6,12H2,1-3H3,(H,15,16). The van der Waals surface area contributed by atoms with Crippen LogP contribution in [0.5, 0.6) is 0 Å². The van der Waals surface area contributed by atoms with Crippen molar-refractivity contribution in [2.24, 2.45) is 11.7 Å². The van der Waals surface area contributed by atoms with Crippen LogP contribution < -0.4 is 5.73 Å². The van der Waals surface area contributed by atoms with Crippen LogP contribution in [0, 0.1) is 5.92 Å². The molecule has 0 bridgehead atoms. The molecule has 0 aromatic carbocycles. The van der Waals surface area contributed by atoms with Crippen molar-refractivity contribution in [2.75, 3.05) is 27.2 Å². The van der Waals surface area contributed by atoms with E-state index >= 15 is 0 Å². The van der Waals surface area contributed by atoms with Crippen LogP contribution in [0.4, 0.5) is 0 Å². The van der Waals surface area contributed by atoms with Crippen molar-refractivity contribution in [1.82, 2.24) is 9.80 Å². The van der Waals surface area contributed by atoms with Crippen LogP contribution >= 0.6 is 0 Å². The summed E-state index contributed by atoms with van der Waals surface area (Å²) >= 11 is 0. The highest BCUT2D eigenvalue weighted by molar-refractivity contribution is 5.86. The number of hydrogen-bond donors (Lipinski definition) is 2. The molecule has 17 heavy (non-hydrogen) atoms. The maximum Gasteiger partial charge on any atom is 0.305 e. The minimum atomic E-state index is -1.04. The van der Waals surface area contributed by atoms with Crippen molar-refractivity contribution in [3.05, 3.63) is 0 Å². The summed E-state index contributed by atoms with van der Waals surface area (Å²) in [6.07, 6.45) is -0.309. The molecule has 1 rings (SSSR count). The summed E-state index contributed by atoms with van der Waals surface area (Å²) in [5, 5.41) is 8.61. The van der Waals surface area contributed by atoms with Gasteiger partial charge in [-0.3, -0.25) is 9.59 Å². The third-order valence-electron chi connectivity index (χ3n) is 3.26. The van der Waals surface area contributed by atoms with Gasteiger partial charge in [0.05, 0.1) is 12.5 Å². The number of likely N-dealkylation sites (N-methyl/N-ethyl adjacent to an activating group) is 1. The average Bonchev–Trinajstić information content (AvgIpc) is 2.58. The molecule has 3 atom stereocenters. The van der Waals surface area contributed by atoms with Crippen LogP contribution in [0.3, 0.4) is 0 Å². The molecule has 1 aliphatic rings. The molecule has 1 saturated heterocycles. The zero-order chi connectivity index (χ0) is 13.2. The topological polar surface area (TPSA) is 86.9 Å². The average molecular weight is 243 g/mol. The van der Waals surface area contributed by atoms with Crippen LogP contribution in [0.25, 0.3) is 0 Å². The fraction of sp³-hybridized carbons (Fsp3) is 0.818. The number of carboxylic acids is 1. The lowest BCUT2D eigenvalue weighted by molar-refractivity contribution is -0.141. The summed E-state index contributed by atoms with van der Waals surface area (Å²) < 4.78 is 0. The predicted octanol–water partition coefficient (Wildman–Crippen LogP) is -0.803. The third-order valence-corrected chi connectivity index (χ3v) is 3.26. The van der Waals surface area contributed by atoms with Gasteiger partial charge < -0.3 is 20.6 Å². The molecule has 3 unspecified atom stereocenters. The molecule has 1 amide bonds. The van der Waals surface area contributed by atoms with Gasteiger partial charge in [-0.25, -0.2) is 0 Å². The number of nitrogens with two attached hydrogens (primary N) is 1. The molecule has 0 aliphatic carbocycles. The first kappa shape index (κ1) is 13.9. The van der Waals surface area contributed by atoms with Crippen LogP contribution in [0.2, 0.25) is 0 Å². The molecular weight excluding hydrogens is 222 g/mol. The number of amides is 1. The zero-order valence-corrected chi connectivity index (χ0v) is 10.6. The monoisotopic (exact) mass is 243 g/mol. The van der Waals surface area contributed by atoms with E-state index in [2.05, 4.69) is 11.8 Å². The van der Waals surface area contributed by atoms with Crippen molar-refractivity contribution in [3.8, 4) is 0 Å². The molecule has 1 aliphatic heterocycles. The van der Waals surface area contributed by atoms with E-state index in [1.165, 1.54) is 0 Å². The molecular formula is C11H21N3O3. The van der Waals surface area contributed by atoms with E-state index in [-0.39, 0.29) is 12.3 Å². The summed E-state index contributed by atoms with van der Waals surface area (Å²) in [7, 11) is 3.96. The predicted molar refractivity (Wildman–Crippen MR) is 63.4 cm³/mol. The van der Waals surface area contributed by atoms with E-state index in [1.807, 2.05) is 14.1 Å². The normalized spacial score (nSPS) is 26.3. The van der Waals surface area contributed by atoms with E-state index in [4.69, 9.17) is 10.8 Å². The number of aliphatic carboxylic acids is 1. The smallest absolute Gasteiger partial charge is 0.305 e. The van der Waals surface area contributed by atoms with Crippen LogP contribution in [-0.4, -0.2) is 66.1 Å². The molecule has 1 fully saturated rings. The molecule has 0 spiro atoms. The highest BCUT2D eigenvalue weighted by Crippen LogP contribution is 2.20. The van der Waals surface area contributed by atoms with Gasteiger partial charge in [0.2, 0.25) is 5.91 Å². The lowest BCUT2D eigenvalue weighted by Crippen LogP contribution is -2.44. The van der Waals surface area contributed by atoms with Crippen molar-refractivity contribution in [1.29, 1.82) is 0 Å². The highest BCUT2D eigenvalue weighted by Gasteiger charge is 2.35. The Hall–Kier alpha value is -1.14. The van der Waals surface area contributed by atoms with Gasteiger partial charge in [0.25, 0.3) is 0 Å². The first-order chi connectivity index (χ1) is 7.82. The Kier molecular flexibility index (Phi) is 4.47. The Bertz CT molecular complexity index is 306. The van der Waals surface area contributed by atoms with E-state index in [9.17, 15) is 9.59 Å². The molecule has 98 valence electrons. The van der Waals surface area contributed by atoms with Crippen LogP contribution in [0.15, 0.2) is 0 Å². The second-order valence-electron chi connectivity index (χ2n) is 4.96. The van der Waals surface area contributed by atoms with Gasteiger partial charge >= 0.3 is 5.97 Å². The Labute approximate surface area is 101 Å². The van der Waals surface area contributed by atoms with Gasteiger partial charge in [0.1, 0.15) is 0 Å². The second-order valence-corrected chi connectivity index (χ2v) is 4.96. The third kappa shape index (κ3) is 3.41. The lowest BCUT2D eigenvalue weighted by atomic mass is 10.1. The summed E-state index contributed by atoms with van der Waals surface area (Å²) in [5.74, 6) is -0.920. The quantitative estimate of drug-likeness (QED) is 0.675. The summed E-state index contributed by atoms with van der Waals surface area (Å²) in [6, 6.07) is -0.614. The van der Waals surface area contributed by atoms with Gasteiger partial charge in [0.15, 0.2) is 0 Å². The van der Waals surface area contributed by atoms with Crippen LogP contribution in [-0.2, 0) is 9.59 Å². The Morgan fingerprint density at radius 2 is 2.06 bits per heavy atom. The first-order valence-electron chi connectivity index (χ1n) is 5.75. The molecule has 0 radical (unpaired) electrons. The van der Waals surface area contributed by atoms with Gasteiger partial charge in [-0.05, 0) is 20.0 Å². The molecule has 0 saturated carbocycles. The largest absolute Gasteiger partial charge is 0.481 e. The Morgan fingerprint density at radius 1 is 1.47 bits per heavy atom. The number of rotatable bonds is 4.